The molecule has 0 aromatic heterocycles. The van der Waals surface area contributed by atoms with Crippen LogP contribution in [0.2, 0.25) is 5.02 Å². The lowest BCUT2D eigenvalue weighted by Gasteiger charge is -2.18. The minimum Gasteiger partial charge on any atom is -0.322 e. The molecule has 1 saturated carbocycles. The number of rotatable bonds is 3. The smallest absolute Gasteiger partial charge is 0.255 e. The average molecular weight is 341 g/mol. The zero-order valence-electron chi connectivity index (χ0n) is 13.1. The van der Waals surface area contributed by atoms with E-state index in [-0.39, 0.29) is 17.7 Å². The van der Waals surface area contributed by atoms with Crippen molar-refractivity contribution in [1.29, 1.82) is 0 Å². The number of nitrogens with one attached hydrogen (secondary N) is 1. The van der Waals surface area contributed by atoms with E-state index in [1.165, 1.54) is 0 Å². The first-order chi connectivity index (χ1) is 11.6. The van der Waals surface area contributed by atoms with Gasteiger partial charge in [0.2, 0.25) is 5.91 Å². The van der Waals surface area contributed by atoms with Crippen molar-refractivity contribution in [2.45, 2.75) is 19.3 Å². The third-order valence-corrected chi connectivity index (χ3v) is 4.75. The van der Waals surface area contributed by atoms with E-state index in [0.29, 0.717) is 16.3 Å². The van der Waals surface area contributed by atoms with Gasteiger partial charge in [0.05, 0.1) is 0 Å². The van der Waals surface area contributed by atoms with Gasteiger partial charge in [-0.25, -0.2) is 0 Å². The number of nitrogens with zero attached hydrogens (tertiary/aromatic N) is 1. The van der Waals surface area contributed by atoms with E-state index in [1.807, 2.05) is 23.1 Å². The number of halogens is 1. The Kier molecular flexibility index (Phi) is 3.77. The Morgan fingerprint density at radius 3 is 2.71 bits per heavy atom. The lowest BCUT2D eigenvalue weighted by atomic mass is 10.1. The van der Waals surface area contributed by atoms with Gasteiger partial charge in [-0.3, -0.25) is 9.59 Å². The van der Waals surface area contributed by atoms with E-state index in [4.69, 9.17) is 11.6 Å². The summed E-state index contributed by atoms with van der Waals surface area (Å²) in [6, 6.07) is 12.6. The van der Waals surface area contributed by atoms with Crippen LogP contribution in [-0.4, -0.2) is 18.4 Å². The second-order valence-corrected chi connectivity index (χ2v) is 6.76. The van der Waals surface area contributed by atoms with E-state index in [9.17, 15) is 9.59 Å². The quantitative estimate of drug-likeness (QED) is 0.921. The molecule has 5 heteroatoms. The number of hydrogen-bond donors (Lipinski definition) is 1. The molecule has 0 unspecified atom stereocenters. The predicted molar refractivity (Wildman–Crippen MR) is 94.6 cm³/mol. The highest BCUT2D eigenvalue weighted by Crippen LogP contribution is 2.37. The van der Waals surface area contributed by atoms with Gasteiger partial charge in [0, 0.05) is 34.4 Å². The Labute approximate surface area is 145 Å². The van der Waals surface area contributed by atoms with Gasteiger partial charge in [-0.1, -0.05) is 23.7 Å². The van der Waals surface area contributed by atoms with Crippen molar-refractivity contribution >= 4 is 34.8 Å². The van der Waals surface area contributed by atoms with Crippen LogP contribution in [0.15, 0.2) is 42.5 Å². The highest BCUT2D eigenvalue weighted by Gasteiger charge is 2.36. The molecule has 2 aliphatic rings. The molecular weight excluding hydrogens is 324 g/mol. The largest absolute Gasteiger partial charge is 0.322 e. The van der Waals surface area contributed by atoms with Gasteiger partial charge >= 0.3 is 0 Å². The molecule has 4 nitrogen and oxygen atoms in total. The Balaban J connectivity index is 1.56. The zero-order chi connectivity index (χ0) is 16.7. The van der Waals surface area contributed by atoms with Crippen molar-refractivity contribution in [2.75, 3.05) is 16.8 Å². The molecular formula is C19H17ClN2O2. The molecule has 122 valence electrons. The fourth-order valence-corrected chi connectivity index (χ4v) is 3.26. The summed E-state index contributed by atoms with van der Waals surface area (Å²) < 4.78 is 0. The molecule has 1 aliphatic heterocycles. The van der Waals surface area contributed by atoms with E-state index in [0.717, 1.165) is 37.1 Å². The van der Waals surface area contributed by atoms with Gasteiger partial charge in [-0.15, -0.1) is 0 Å². The predicted octanol–water partition coefficient (Wildman–Crippen LogP) is 3.89. The maximum atomic E-state index is 12.4. The number of benzene rings is 2. The fourth-order valence-electron chi connectivity index (χ4n) is 3.07. The van der Waals surface area contributed by atoms with Crippen LogP contribution in [0.3, 0.4) is 0 Å². The van der Waals surface area contributed by atoms with Crippen LogP contribution in [-0.2, 0) is 11.2 Å². The van der Waals surface area contributed by atoms with Crippen LogP contribution in [0.4, 0.5) is 11.4 Å². The number of hydrogen-bond acceptors (Lipinski definition) is 2. The van der Waals surface area contributed by atoms with Crippen LogP contribution in [0, 0.1) is 5.92 Å². The SMILES string of the molecule is O=C(Nc1ccc2c(c1)N(C(=O)C1CC1)CC2)c1cccc(Cl)c1. The van der Waals surface area contributed by atoms with Gasteiger partial charge in [0.15, 0.2) is 0 Å². The summed E-state index contributed by atoms with van der Waals surface area (Å²) in [6.45, 7) is 0.732. The Morgan fingerprint density at radius 1 is 1.12 bits per heavy atom. The van der Waals surface area contributed by atoms with Gasteiger partial charge < -0.3 is 10.2 Å². The van der Waals surface area contributed by atoms with Gasteiger partial charge in [0.1, 0.15) is 0 Å². The van der Waals surface area contributed by atoms with Crippen LogP contribution in [0.5, 0.6) is 0 Å². The number of amides is 2. The van der Waals surface area contributed by atoms with Crippen molar-refractivity contribution in [3.63, 3.8) is 0 Å². The first-order valence-corrected chi connectivity index (χ1v) is 8.51. The molecule has 1 fully saturated rings. The summed E-state index contributed by atoms with van der Waals surface area (Å²) in [5, 5.41) is 3.41. The fraction of sp³-hybridized carbons (Fsp3) is 0.263. The Bertz CT molecular complexity index is 830. The van der Waals surface area contributed by atoms with Crippen molar-refractivity contribution in [3.8, 4) is 0 Å². The minimum atomic E-state index is -0.212. The van der Waals surface area contributed by atoms with E-state index < -0.39 is 0 Å². The lowest BCUT2D eigenvalue weighted by molar-refractivity contribution is -0.119. The number of anilines is 2. The van der Waals surface area contributed by atoms with Gasteiger partial charge in [0.25, 0.3) is 5.91 Å². The van der Waals surface area contributed by atoms with Crippen LogP contribution in [0.25, 0.3) is 0 Å². The first kappa shape index (κ1) is 15.2. The summed E-state index contributed by atoms with van der Waals surface area (Å²) in [7, 11) is 0. The topological polar surface area (TPSA) is 49.4 Å². The van der Waals surface area contributed by atoms with Gasteiger partial charge in [-0.05, 0) is 55.2 Å². The van der Waals surface area contributed by atoms with E-state index >= 15 is 0 Å². The number of fused-ring (bicyclic) bond motifs is 1. The molecule has 0 bridgehead atoms. The van der Waals surface area contributed by atoms with Crippen LogP contribution < -0.4 is 10.2 Å². The van der Waals surface area contributed by atoms with E-state index in [2.05, 4.69) is 5.32 Å². The second kappa shape index (κ2) is 5.95. The summed E-state index contributed by atoms with van der Waals surface area (Å²) in [4.78, 5) is 26.6. The maximum Gasteiger partial charge on any atom is 0.255 e. The molecule has 1 N–H and O–H groups in total. The molecule has 24 heavy (non-hydrogen) atoms. The highest BCUT2D eigenvalue weighted by atomic mass is 35.5. The molecule has 0 radical (unpaired) electrons. The van der Waals surface area contributed by atoms with Crippen molar-refractivity contribution in [1.82, 2.24) is 0 Å². The minimum absolute atomic E-state index is 0.195. The molecule has 0 atom stereocenters. The highest BCUT2D eigenvalue weighted by molar-refractivity contribution is 6.31. The summed E-state index contributed by atoms with van der Waals surface area (Å²) in [5.41, 5.74) is 3.28. The molecule has 2 aromatic carbocycles. The second-order valence-electron chi connectivity index (χ2n) is 6.32. The number of carbonyl (C=O) groups is 2. The molecule has 2 aromatic rings. The Hall–Kier alpha value is -2.33. The third-order valence-electron chi connectivity index (χ3n) is 4.52. The molecule has 4 rings (SSSR count). The van der Waals surface area contributed by atoms with Crippen molar-refractivity contribution < 1.29 is 9.59 Å². The van der Waals surface area contributed by atoms with Crippen molar-refractivity contribution in [2.24, 2.45) is 5.92 Å². The van der Waals surface area contributed by atoms with E-state index in [1.54, 1.807) is 24.3 Å². The number of carbonyl (C=O) groups excluding carboxylic acids is 2. The lowest BCUT2D eigenvalue weighted by Crippen LogP contribution is -2.30. The summed E-state index contributed by atoms with van der Waals surface area (Å²) in [5.74, 6) is 0.197. The molecule has 1 heterocycles. The monoisotopic (exact) mass is 340 g/mol. The molecule has 0 spiro atoms. The maximum absolute atomic E-state index is 12.4. The molecule has 2 amide bonds. The van der Waals surface area contributed by atoms with Crippen LogP contribution in [0.1, 0.15) is 28.8 Å². The standard InChI is InChI=1S/C19H17ClN2O2/c20-15-3-1-2-14(10-15)18(23)21-16-7-6-12-8-9-22(17(12)11-16)19(24)13-4-5-13/h1-3,6-7,10-11,13H,4-5,8-9H2,(H,21,23). The van der Waals surface area contributed by atoms with Gasteiger partial charge in [-0.2, -0.15) is 0 Å². The zero-order valence-corrected chi connectivity index (χ0v) is 13.8. The van der Waals surface area contributed by atoms with Crippen molar-refractivity contribution in [3.05, 3.63) is 58.6 Å². The third kappa shape index (κ3) is 2.89. The normalized spacial score (nSPS) is 16.0. The molecule has 0 saturated heterocycles. The summed E-state index contributed by atoms with van der Waals surface area (Å²) >= 11 is 5.93. The summed E-state index contributed by atoms with van der Waals surface area (Å²) in [6.07, 6.45) is 2.86. The van der Waals surface area contributed by atoms with Crippen LogP contribution >= 0.6 is 11.6 Å². The average Bonchev–Trinajstić information content (AvgIpc) is 3.34. The Morgan fingerprint density at radius 2 is 1.96 bits per heavy atom. The molecule has 1 aliphatic carbocycles. The first-order valence-electron chi connectivity index (χ1n) is 8.13.